The topological polar surface area (TPSA) is 40.5 Å². The molecule has 1 saturated carbocycles. The normalized spacial score (nSPS) is 24.7. The minimum Gasteiger partial charge on any atom is -0.394 e. The van der Waals surface area contributed by atoms with E-state index in [-0.39, 0.29) is 12.5 Å². The van der Waals surface area contributed by atoms with Crippen molar-refractivity contribution in [2.24, 2.45) is 5.92 Å². The third kappa shape index (κ3) is 1.66. The summed E-state index contributed by atoms with van der Waals surface area (Å²) in [6.07, 6.45) is 4.90. The molecule has 0 spiro atoms. The Kier molecular flexibility index (Phi) is 2.49. The highest BCUT2D eigenvalue weighted by atomic mass is 16.3. The van der Waals surface area contributed by atoms with E-state index >= 15 is 0 Å². The SMILES string of the molecule is OCC(O)C1[CH]CCC1. The number of aliphatic hydroxyl groups is 2. The Morgan fingerprint density at radius 2 is 2.44 bits per heavy atom. The fourth-order valence-electron chi connectivity index (χ4n) is 1.29. The lowest BCUT2D eigenvalue weighted by Gasteiger charge is -2.13. The first-order chi connectivity index (χ1) is 4.34. The summed E-state index contributed by atoms with van der Waals surface area (Å²) in [5, 5.41) is 17.6. The minimum absolute atomic E-state index is 0.0961. The minimum atomic E-state index is -0.507. The lowest BCUT2D eigenvalue weighted by molar-refractivity contribution is 0.0601. The quantitative estimate of drug-likeness (QED) is 0.564. The Bertz CT molecular complexity index is 77.0. The van der Waals surface area contributed by atoms with Crippen LogP contribution in [0.5, 0.6) is 0 Å². The summed E-state index contributed by atoms with van der Waals surface area (Å²) in [5.74, 6) is 0.259. The largest absolute Gasteiger partial charge is 0.394 e. The molecule has 0 heterocycles. The van der Waals surface area contributed by atoms with E-state index in [1.165, 1.54) is 6.42 Å². The standard InChI is InChI=1S/C7H13O2/c8-5-7(9)6-3-1-2-4-6/h3,6-9H,1-2,4-5H2. The Hall–Kier alpha value is -0.0800. The summed E-state index contributed by atoms with van der Waals surface area (Å²) < 4.78 is 0. The first-order valence-corrected chi connectivity index (χ1v) is 3.47. The van der Waals surface area contributed by atoms with Gasteiger partial charge in [0.1, 0.15) is 0 Å². The van der Waals surface area contributed by atoms with E-state index in [9.17, 15) is 0 Å². The van der Waals surface area contributed by atoms with Gasteiger partial charge in [-0.3, -0.25) is 0 Å². The summed E-state index contributed by atoms with van der Waals surface area (Å²) in [4.78, 5) is 0. The Morgan fingerprint density at radius 1 is 1.67 bits per heavy atom. The third-order valence-electron chi connectivity index (χ3n) is 1.89. The van der Waals surface area contributed by atoms with Crippen LogP contribution in [0.2, 0.25) is 0 Å². The molecule has 0 saturated heterocycles. The lowest BCUT2D eigenvalue weighted by atomic mass is 10.0. The number of aliphatic hydroxyl groups excluding tert-OH is 2. The summed E-state index contributed by atoms with van der Waals surface area (Å²) in [7, 11) is 0. The van der Waals surface area contributed by atoms with Gasteiger partial charge in [0, 0.05) is 0 Å². The van der Waals surface area contributed by atoms with Gasteiger partial charge in [-0.2, -0.15) is 0 Å². The van der Waals surface area contributed by atoms with Crippen molar-refractivity contribution < 1.29 is 10.2 Å². The summed E-state index contributed by atoms with van der Waals surface area (Å²) >= 11 is 0. The molecule has 2 unspecified atom stereocenters. The molecule has 1 aliphatic rings. The molecule has 0 amide bonds. The van der Waals surface area contributed by atoms with Crippen molar-refractivity contribution in [3.63, 3.8) is 0 Å². The highest BCUT2D eigenvalue weighted by Crippen LogP contribution is 2.26. The van der Waals surface area contributed by atoms with E-state index in [1.54, 1.807) is 0 Å². The van der Waals surface area contributed by atoms with Gasteiger partial charge >= 0.3 is 0 Å². The van der Waals surface area contributed by atoms with Gasteiger partial charge in [-0.1, -0.05) is 6.42 Å². The molecule has 1 fully saturated rings. The number of hydrogen-bond donors (Lipinski definition) is 2. The fraction of sp³-hybridized carbons (Fsp3) is 0.857. The molecule has 0 aromatic heterocycles. The van der Waals surface area contributed by atoms with E-state index in [2.05, 4.69) is 6.42 Å². The van der Waals surface area contributed by atoms with Crippen molar-refractivity contribution in [3.05, 3.63) is 6.42 Å². The van der Waals surface area contributed by atoms with Crippen molar-refractivity contribution in [1.82, 2.24) is 0 Å². The second-order valence-electron chi connectivity index (χ2n) is 2.58. The number of rotatable bonds is 2. The molecular formula is C7H13O2. The van der Waals surface area contributed by atoms with Gasteiger partial charge < -0.3 is 10.2 Å². The smallest absolute Gasteiger partial charge is 0.0801 e. The maximum atomic E-state index is 9.08. The molecule has 0 aromatic rings. The highest BCUT2D eigenvalue weighted by molar-refractivity contribution is 4.87. The van der Waals surface area contributed by atoms with Gasteiger partial charge in [0.2, 0.25) is 0 Å². The van der Waals surface area contributed by atoms with Crippen LogP contribution >= 0.6 is 0 Å². The molecule has 0 bridgehead atoms. The first-order valence-electron chi connectivity index (χ1n) is 3.47. The molecular weight excluding hydrogens is 116 g/mol. The van der Waals surface area contributed by atoms with E-state index < -0.39 is 6.10 Å². The van der Waals surface area contributed by atoms with Crippen LogP contribution in [0.15, 0.2) is 0 Å². The van der Waals surface area contributed by atoms with Crippen LogP contribution in [0, 0.1) is 12.3 Å². The average molecular weight is 129 g/mol. The molecule has 2 nitrogen and oxygen atoms in total. The monoisotopic (exact) mass is 129 g/mol. The zero-order valence-corrected chi connectivity index (χ0v) is 5.45. The van der Waals surface area contributed by atoms with Crippen LogP contribution in [0.1, 0.15) is 19.3 Å². The van der Waals surface area contributed by atoms with E-state index in [0.29, 0.717) is 0 Å². The summed E-state index contributed by atoms with van der Waals surface area (Å²) in [6, 6.07) is 0. The molecule has 1 aliphatic carbocycles. The molecule has 2 heteroatoms. The highest BCUT2D eigenvalue weighted by Gasteiger charge is 2.22. The van der Waals surface area contributed by atoms with Crippen LogP contribution in [0.25, 0.3) is 0 Å². The Labute approximate surface area is 55.5 Å². The summed E-state index contributed by atoms with van der Waals surface area (Å²) in [6.45, 7) is -0.0961. The van der Waals surface area contributed by atoms with Gasteiger partial charge in [-0.25, -0.2) is 0 Å². The molecule has 53 valence electrons. The van der Waals surface area contributed by atoms with Gasteiger partial charge in [0.25, 0.3) is 0 Å². The maximum Gasteiger partial charge on any atom is 0.0801 e. The van der Waals surface area contributed by atoms with Crippen molar-refractivity contribution in [2.45, 2.75) is 25.4 Å². The van der Waals surface area contributed by atoms with Crippen LogP contribution in [-0.4, -0.2) is 22.9 Å². The van der Waals surface area contributed by atoms with Crippen molar-refractivity contribution in [2.75, 3.05) is 6.61 Å². The summed E-state index contributed by atoms with van der Waals surface area (Å²) in [5.41, 5.74) is 0. The van der Waals surface area contributed by atoms with Gasteiger partial charge in [-0.15, -0.1) is 0 Å². The Morgan fingerprint density at radius 3 is 2.89 bits per heavy atom. The second-order valence-corrected chi connectivity index (χ2v) is 2.58. The molecule has 1 radical (unpaired) electrons. The maximum absolute atomic E-state index is 9.08. The zero-order valence-electron chi connectivity index (χ0n) is 5.45. The zero-order chi connectivity index (χ0) is 6.69. The van der Waals surface area contributed by atoms with Crippen LogP contribution in [0.3, 0.4) is 0 Å². The molecule has 2 N–H and O–H groups in total. The van der Waals surface area contributed by atoms with Crippen molar-refractivity contribution in [1.29, 1.82) is 0 Å². The van der Waals surface area contributed by atoms with Crippen LogP contribution < -0.4 is 0 Å². The molecule has 1 rings (SSSR count). The van der Waals surface area contributed by atoms with Crippen LogP contribution in [-0.2, 0) is 0 Å². The van der Waals surface area contributed by atoms with E-state index in [1.807, 2.05) is 0 Å². The number of hydrogen-bond acceptors (Lipinski definition) is 2. The van der Waals surface area contributed by atoms with Gasteiger partial charge in [0.05, 0.1) is 12.7 Å². The second kappa shape index (κ2) is 3.18. The first kappa shape index (κ1) is 7.03. The van der Waals surface area contributed by atoms with Crippen LogP contribution in [0.4, 0.5) is 0 Å². The average Bonchev–Trinajstić information content (AvgIpc) is 2.37. The van der Waals surface area contributed by atoms with E-state index in [4.69, 9.17) is 10.2 Å². The third-order valence-corrected chi connectivity index (χ3v) is 1.89. The van der Waals surface area contributed by atoms with E-state index in [0.717, 1.165) is 12.8 Å². The van der Waals surface area contributed by atoms with Crippen molar-refractivity contribution >= 4 is 0 Å². The molecule has 2 atom stereocenters. The molecule has 0 aromatic carbocycles. The molecule has 0 aliphatic heterocycles. The fourth-order valence-corrected chi connectivity index (χ4v) is 1.29. The molecule has 9 heavy (non-hydrogen) atoms. The Balaban J connectivity index is 2.24. The van der Waals surface area contributed by atoms with Crippen molar-refractivity contribution in [3.8, 4) is 0 Å². The lowest BCUT2D eigenvalue weighted by Crippen LogP contribution is -2.21. The predicted molar refractivity (Wildman–Crippen MR) is 34.7 cm³/mol. The van der Waals surface area contributed by atoms with Gasteiger partial charge in [-0.05, 0) is 25.2 Å². The van der Waals surface area contributed by atoms with Gasteiger partial charge in [0.15, 0.2) is 0 Å². The predicted octanol–water partition coefficient (Wildman–Crippen LogP) is 0.344.